The predicted octanol–water partition coefficient (Wildman–Crippen LogP) is 4.73. The molecule has 3 aromatic rings. The number of carbonyl (C=O) groups is 2. The van der Waals surface area contributed by atoms with Gasteiger partial charge in [-0.15, -0.1) is 0 Å². The number of pyridine rings is 1. The average molecular weight is 388 g/mol. The molecule has 5 heteroatoms. The standard InChI is InChI=1S/C24H24N2O3/c1-24(2,3)18-9-12-20(13-10-18)26-22(27)16-29-23(28)15-14-19-11-8-17-6-4-5-7-21(17)25-19/h4-15H,16H2,1-3H3,(H,26,27)/b15-14+. The van der Waals surface area contributed by atoms with Crippen LogP contribution in [0.3, 0.4) is 0 Å². The van der Waals surface area contributed by atoms with Crippen LogP contribution in [0.5, 0.6) is 0 Å². The molecule has 0 atom stereocenters. The summed E-state index contributed by atoms with van der Waals surface area (Å²) < 4.78 is 5.00. The summed E-state index contributed by atoms with van der Waals surface area (Å²) in [6.07, 6.45) is 2.83. The van der Waals surface area contributed by atoms with Gasteiger partial charge in [0.1, 0.15) is 0 Å². The minimum absolute atomic E-state index is 0.0459. The SMILES string of the molecule is CC(C)(C)c1ccc(NC(=O)COC(=O)/C=C/c2ccc3ccccc3n2)cc1. The number of amides is 1. The molecule has 0 radical (unpaired) electrons. The maximum Gasteiger partial charge on any atom is 0.331 e. The highest BCUT2D eigenvalue weighted by Crippen LogP contribution is 2.23. The minimum atomic E-state index is -0.599. The van der Waals surface area contributed by atoms with Gasteiger partial charge in [-0.2, -0.15) is 0 Å². The summed E-state index contributed by atoms with van der Waals surface area (Å²) in [5.74, 6) is -0.989. The quantitative estimate of drug-likeness (QED) is 0.507. The summed E-state index contributed by atoms with van der Waals surface area (Å²) in [7, 11) is 0. The van der Waals surface area contributed by atoms with Crippen molar-refractivity contribution in [2.24, 2.45) is 0 Å². The van der Waals surface area contributed by atoms with Crippen molar-refractivity contribution in [3.05, 3.63) is 78.0 Å². The molecular formula is C24H24N2O3. The Bertz CT molecular complexity index is 1050. The molecule has 1 aromatic heterocycles. The van der Waals surface area contributed by atoms with Gasteiger partial charge in [0.2, 0.25) is 0 Å². The number of anilines is 1. The first kappa shape index (κ1) is 20.3. The first-order chi connectivity index (χ1) is 13.8. The average Bonchev–Trinajstić information content (AvgIpc) is 2.70. The van der Waals surface area contributed by atoms with Gasteiger partial charge >= 0.3 is 5.97 Å². The third-order valence-electron chi connectivity index (χ3n) is 4.39. The molecule has 0 saturated heterocycles. The lowest BCUT2D eigenvalue weighted by atomic mass is 9.87. The molecule has 0 spiro atoms. The fourth-order valence-corrected chi connectivity index (χ4v) is 2.76. The second-order valence-electron chi connectivity index (χ2n) is 7.75. The van der Waals surface area contributed by atoms with Crippen molar-refractivity contribution < 1.29 is 14.3 Å². The molecular weight excluding hydrogens is 364 g/mol. The third kappa shape index (κ3) is 5.75. The van der Waals surface area contributed by atoms with Crippen LogP contribution >= 0.6 is 0 Å². The van der Waals surface area contributed by atoms with E-state index in [1.54, 1.807) is 6.08 Å². The molecule has 0 aliphatic heterocycles. The van der Waals surface area contributed by atoms with E-state index in [1.165, 1.54) is 11.6 Å². The van der Waals surface area contributed by atoms with Crippen molar-refractivity contribution in [1.82, 2.24) is 4.98 Å². The lowest BCUT2D eigenvalue weighted by molar-refractivity contribution is -0.142. The van der Waals surface area contributed by atoms with Gasteiger partial charge in [-0.3, -0.25) is 4.79 Å². The predicted molar refractivity (Wildman–Crippen MR) is 116 cm³/mol. The Morgan fingerprint density at radius 2 is 1.72 bits per heavy atom. The van der Waals surface area contributed by atoms with E-state index in [4.69, 9.17) is 4.74 Å². The molecule has 0 saturated carbocycles. The van der Waals surface area contributed by atoms with Crippen LogP contribution in [-0.2, 0) is 19.7 Å². The molecule has 0 aliphatic rings. The van der Waals surface area contributed by atoms with E-state index < -0.39 is 5.97 Å². The van der Waals surface area contributed by atoms with Crippen molar-refractivity contribution in [3.63, 3.8) is 0 Å². The maximum absolute atomic E-state index is 12.0. The van der Waals surface area contributed by atoms with Crippen molar-refractivity contribution in [2.45, 2.75) is 26.2 Å². The summed E-state index contributed by atoms with van der Waals surface area (Å²) >= 11 is 0. The summed E-state index contributed by atoms with van der Waals surface area (Å²) in [6, 6.07) is 19.1. The molecule has 1 heterocycles. The molecule has 29 heavy (non-hydrogen) atoms. The summed E-state index contributed by atoms with van der Waals surface area (Å²) in [4.78, 5) is 28.3. The largest absolute Gasteiger partial charge is 0.452 e. The molecule has 0 bridgehead atoms. The molecule has 2 aromatic carbocycles. The van der Waals surface area contributed by atoms with Crippen molar-refractivity contribution in [3.8, 4) is 0 Å². The number of benzene rings is 2. The van der Waals surface area contributed by atoms with E-state index in [0.717, 1.165) is 10.9 Å². The number of rotatable bonds is 5. The fraction of sp³-hybridized carbons (Fsp3) is 0.208. The number of carbonyl (C=O) groups excluding carboxylic acids is 2. The number of hydrogen-bond acceptors (Lipinski definition) is 4. The fourth-order valence-electron chi connectivity index (χ4n) is 2.76. The highest BCUT2D eigenvalue weighted by molar-refractivity contribution is 5.94. The second kappa shape index (κ2) is 8.69. The van der Waals surface area contributed by atoms with Crippen LogP contribution in [0, 0.1) is 0 Å². The van der Waals surface area contributed by atoms with E-state index in [1.807, 2.05) is 60.7 Å². The van der Waals surface area contributed by atoms with Crippen LogP contribution in [-0.4, -0.2) is 23.5 Å². The number of fused-ring (bicyclic) bond motifs is 1. The third-order valence-corrected chi connectivity index (χ3v) is 4.39. The van der Waals surface area contributed by atoms with E-state index in [0.29, 0.717) is 11.4 Å². The molecule has 0 unspecified atom stereocenters. The van der Waals surface area contributed by atoms with Crippen LogP contribution in [0.15, 0.2) is 66.7 Å². The molecule has 148 valence electrons. The van der Waals surface area contributed by atoms with Crippen LogP contribution < -0.4 is 5.32 Å². The maximum atomic E-state index is 12.0. The van der Waals surface area contributed by atoms with Gasteiger partial charge in [0.25, 0.3) is 5.91 Å². The number of esters is 1. The van der Waals surface area contributed by atoms with Gasteiger partial charge in [-0.1, -0.05) is 57.2 Å². The Hall–Kier alpha value is -3.47. The number of nitrogens with zero attached hydrogens (tertiary/aromatic N) is 1. The van der Waals surface area contributed by atoms with E-state index in [2.05, 4.69) is 31.1 Å². The Balaban J connectivity index is 1.50. The van der Waals surface area contributed by atoms with Gasteiger partial charge in [0, 0.05) is 17.1 Å². The molecule has 0 fully saturated rings. The lowest BCUT2D eigenvalue weighted by Gasteiger charge is -2.19. The van der Waals surface area contributed by atoms with Gasteiger partial charge in [-0.25, -0.2) is 9.78 Å². The van der Waals surface area contributed by atoms with Gasteiger partial charge < -0.3 is 10.1 Å². The Kier molecular flexibility index (Phi) is 6.07. The zero-order valence-corrected chi connectivity index (χ0v) is 16.8. The van der Waals surface area contributed by atoms with Crippen molar-refractivity contribution in [2.75, 3.05) is 11.9 Å². The zero-order chi connectivity index (χ0) is 20.9. The first-order valence-electron chi connectivity index (χ1n) is 9.42. The molecule has 1 N–H and O–H groups in total. The molecule has 3 rings (SSSR count). The topological polar surface area (TPSA) is 68.3 Å². The number of aromatic nitrogens is 1. The van der Waals surface area contributed by atoms with Crippen LogP contribution in [0.1, 0.15) is 32.0 Å². The van der Waals surface area contributed by atoms with Gasteiger partial charge in [-0.05, 0) is 41.3 Å². The second-order valence-corrected chi connectivity index (χ2v) is 7.75. The van der Waals surface area contributed by atoms with E-state index in [-0.39, 0.29) is 17.9 Å². The monoisotopic (exact) mass is 388 g/mol. The van der Waals surface area contributed by atoms with E-state index in [9.17, 15) is 9.59 Å². The van der Waals surface area contributed by atoms with Crippen LogP contribution in [0.2, 0.25) is 0 Å². The van der Waals surface area contributed by atoms with Crippen molar-refractivity contribution in [1.29, 1.82) is 0 Å². The number of para-hydroxylation sites is 1. The van der Waals surface area contributed by atoms with Crippen LogP contribution in [0.25, 0.3) is 17.0 Å². The van der Waals surface area contributed by atoms with Gasteiger partial charge in [0.15, 0.2) is 6.61 Å². The number of nitrogens with one attached hydrogen (secondary N) is 1. The normalized spacial score (nSPS) is 11.6. The zero-order valence-electron chi connectivity index (χ0n) is 16.8. The molecule has 1 amide bonds. The summed E-state index contributed by atoms with van der Waals surface area (Å²) in [6.45, 7) is 6.03. The first-order valence-corrected chi connectivity index (χ1v) is 9.42. The highest BCUT2D eigenvalue weighted by Gasteiger charge is 2.13. The Morgan fingerprint density at radius 3 is 2.45 bits per heavy atom. The number of hydrogen-bond donors (Lipinski definition) is 1. The molecule has 5 nitrogen and oxygen atoms in total. The van der Waals surface area contributed by atoms with E-state index >= 15 is 0 Å². The summed E-state index contributed by atoms with van der Waals surface area (Å²) in [5.41, 5.74) is 3.37. The lowest BCUT2D eigenvalue weighted by Crippen LogP contribution is -2.20. The Morgan fingerprint density at radius 1 is 1.00 bits per heavy atom. The smallest absolute Gasteiger partial charge is 0.331 e. The minimum Gasteiger partial charge on any atom is -0.452 e. The Labute approximate surface area is 170 Å². The highest BCUT2D eigenvalue weighted by atomic mass is 16.5. The number of ether oxygens (including phenoxy) is 1. The van der Waals surface area contributed by atoms with Crippen LogP contribution in [0.4, 0.5) is 5.69 Å². The summed E-state index contributed by atoms with van der Waals surface area (Å²) in [5, 5.41) is 3.74. The van der Waals surface area contributed by atoms with Gasteiger partial charge in [0.05, 0.1) is 11.2 Å². The van der Waals surface area contributed by atoms with Crippen molar-refractivity contribution >= 4 is 34.5 Å². The molecule has 0 aliphatic carbocycles.